The van der Waals surface area contributed by atoms with Crippen LogP contribution in [0.2, 0.25) is 15.1 Å². The van der Waals surface area contributed by atoms with Gasteiger partial charge in [-0.05, 0) is 148 Å². The van der Waals surface area contributed by atoms with Crippen LogP contribution in [0.1, 0.15) is 76.4 Å². The highest BCUT2D eigenvalue weighted by Gasteiger charge is 2.44. The van der Waals surface area contributed by atoms with Gasteiger partial charge in [-0.3, -0.25) is 0 Å². The average molecular weight is 1430 g/mol. The highest BCUT2D eigenvalue weighted by molar-refractivity contribution is 6.31. The normalized spacial score (nSPS) is 13.2. The van der Waals surface area contributed by atoms with E-state index in [1.54, 1.807) is 72.8 Å². The maximum atomic E-state index is 13.2. The minimum absolute atomic E-state index is 0. The Kier molecular flexibility index (Phi) is 22.7. The number of ether oxygens (including phenoxy) is 3. The van der Waals surface area contributed by atoms with Crippen molar-refractivity contribution in [3.8, 4) is 51.6 Å². The van der Waals surface area contributed by atoms with Gasteiger partial charge in [0.2, 0.25) is 34.5 Å². The van der Waals surface area contributed by atoms with Crippen molar-refractivity contribution in [2.75, 3.05) is 0 Å². The summed E-state index contributed by atoms with van der Waals surface area (Å²) < 4.78 is 153. The molecule has 516 valence electrons. The molecule has 0 fully saturated rings. The molecule has 0 bridgehead atoms. The maximum Gasteiger partial charge on any atom is 0.416 e. The number of carboxylic acid groups (broad SMARTS) is 3. The van der Waals surface area contributed by atoms with E-state index >= 15 is 0 Å². The smallest absolute Gasteiger partial charge is 0.416 e. The highest BCUT2D eigenvalue weighted by atomic mass is 35.5. The van der Waals surface area contributed by atoms with Gasteiger partial charge >= 0.3 is 36.4 Å². The molecule has 3 aromatic heterocycles. The van der Waals surface area contributed by atoms with Crippen LogP contribution >= 0.6 is 34.8 Å². The Bertz CT molecular complexity index is 4340. The molecule has 0 aliphatic carbocycles. The molecule has 0 spiro atoms. The number of para-hydroxylation sites is 6. The SMILES string of the molecule is C.C.C.CC(Oc1ccc(Cl)cc1-c1nc2ccccc2o1)(C(=O)O)c1cccc(C(F)(F)F)c1.CC(Oc1ccc(Cl)cc1-c1nc2ccccc2o1)(C(=O)O)c1cccc(C(F)(F)F)c1.CC(Oc1ccc(Cl)cc1-c1nc2ccccc2o1)(C(=O)O)c1cccc(C(F)(F)F)c1. The fourth-order valence-corrected chi connectivity index (χ4v) is 10.1. The van der Waals surface area contributed by atoms with Crippen LogP contribution in [0.15, 0.2) is 213 Å². The van der Waals surface area contributed by atoms with Gasteiger partial charge in [-0.15, -0.1) is 0 Å². The number of hydrogen-bond donors (Lipinski definition) is 3. The molecule has 0 aliphatic rings. The van der Waals surface area contributed by atoms with Crippen molar-refractivity contribution in [2.24, 2.45) is 0 Å². The van der Waals surface area contributed by atoms with E-state index in [1.807, 2.05) is 0 Å². The second-order valence-corrected chi connectivity index (χ2v) is 22.7. The zero-order valence-corrected chi connectivity index (χ0v) is 51.7. The molecule has 99 heavy (non-hydrogen) atoms. The predicted octanol–water partition coefficient (Wildman–Crippen LogP) is 21.5. The van der Waals surface area contributed by atoms with E-state index < -0.39 is 69.9 Å². The standard InChI is InChI=1S/3C23H15ClF3NO4.3CH4/c3*1-22(21(29)30,13-5-4-6-14(11-13)23(25,26)27)32-18-10-9-15(24)12-16(18)20-28-17-7-2-3-8-19(17)31-20;;;/h3*2-12H,1H3,(H,29,30);3*1H4. The van der Waals surface area contributed by atoms with Crippen molar-refractivity contribution in [1.82, 2.24) is 15.0 Å². The summed E-state index contributed by atoms with van der Waals surface area (Å²) in [6.45, 7) is 3.53. The lowest BCUT2D eigenvalue weighted by molar-refractivity contribution is -0.155. The molecule has 3 unspecified atom stereocenters. The predicted molar refractivity (Wildman–Crippen MR) is 355 cm³/mol. The molecule has 9 aromatic carbocycles. The van der Waals surface area contributed by atoms with E-state index in [1.165, 1.54) is 93.6 Å². The first-order valence-electron chi connectivity index (χ1n) is 28.0. The third-order valence-corrected chi connectivity index (χ3v) is 15.5. The van der Waals surface area contributed by atoms with E-state index in [9.17, 15) is 69.2 Å². The van der Waals surface area contributed by atoms with Crippen LogP contribution in [0.5, 0.6) is 17.2 Å². The number of hydrogen-bond acceptors (Lipinski definition) is 12. The molecule has 3 atom stereocenters. The Morgan fingerprint density at radius 3 is 0.798 bits per heavy atom. The van der Waals surface area contributed by atoms with Gasteiger partial charge in [-0.2, -0.15) is 39.5 Å². The summed E-state index contributed by atoms with van der Waals surface area (Å²) in [7, 11) is 0. The van der Waals surface area contributed by atoms with Crippen LogP contribution < -0.4 is 14.2 Å². The lowest BCUT2D eigenvalue weighted by atomic mass is 9.93. The van der Waals surface area contributed by atoms with E-state index in [2.05, 4.69) is 15.0 Å². The number of carbonyl (C=O) groups is 3. The van der Waals surface area contributed by atoms with E-state index in [-0.39, 0.29) is 90.6 Å². The van der Waals surface area contributed by atoms with Gasteiger partial charge < -0.3 is 42.8 Å². The number of aromatic nitrogens is 3. The van der Waals surface area contributed by atoms with Crippen molar-refractivity contribution in [2.45, 2.75) is 78.4 Å². The van der Waals surface area contributed by atoms with Gasteiger partial charge in [0, 0.05) is 31.8 Å². The number of benzene rings is 9. The van der Waals surface area contributed by atoms with Crippen LogP contribution in [-0.4, -0.2) is 48.2 Å². The molecule has 27 heteroatoms. The summed E-state index contributed by atoms with van der Waals surface area (Å²) in [6, 6.07) is 46.1. The summed E-state index contributed by atoms with van der Waals surface area (Å²) in [5.41, 5.74) is -5.99. The minimum atomic E-state index is -4.64. The first-order chi connectivity index (χ1) is 45.2. The quantitative estimate of drug-likeness (QED) is 0.0813. The lowest BCUT2D eigenvalue weighted by Gasteiger charge is -2.28. The molecular weight excluding hydrogens is 1380 g/mol. The Morgan fingerprint density at radius 1 is 0.343 bits per heavy atom. The number of halogens is 12. The zero-order valence-electron chi connectivity index (χ0n) is 49.4. The Labute approximate surface area is 573 Å². The van der Waals surface area contributed by atoms with Crippen LogP contribution in [0, 0.1) is 0 Å². The highest BCUT2D eigenvalue weighted by Crippen LogP contribution is 2.44. The van der Waals surface area contributed by atoms with E-state index in [0.717, 1.165) is 54.6 Å². The Morgan fingerprint density at radius 2 is 0.576 bits per heavy atom. The number of aliphatic carboxylic acids is 3. The van der Waals surface area contributed by atoms with Gasteiger partial charge in [-0.1, -0.05) is 130 Å². The molecular formula is C72H57Cl3F9N3O12. The minimum Gasteiger partial charge on any atom is -0.478 e. The van der Waals surface area contributed by atoms with Crippen molar-refractivity contribution in [3.63, 3.8) is 0 Å². The van der Waals surface area contributed by atoms with Crippen LogP contribution in [0.25, 0.3) is 67.7 Å². The molecule has 12 aromatic rings. The van der Waals surface area contributed by atoms with Crippen molar-refractivity contribution < 1.29 is 96.7 Å². The van der Waals surface area contributed by atoms with Crippen LogP contribution in [0.4, 0.5) is 39.5 Å². The molecule has 0 aliphatic heterocycles. The number of fused-ring (bicyclic) bond motifs is 3. The monoisotopic (exact) mass is 1430 g/mol. The summed E-state index contributed by atoms with van der Waals surface area (Å²) in [5.74, 6) is -3.96. The molecule has 0 saturated carbocycles. The summed E-state index contributed by atoms with van der Waals surface area (Å²) in [4.78, 5) is 49.6. The number of oxazole rings is 3. The second-order valence-electron chi connectivity index (χ2n) is 21.4. The van der Waals surface area contributed by atoms with Crippen molar-refractivity contribution >= 4 is 86.0 Å². The second kappa shape index (κ2) is 29.7. The third kappa shape index (κ3) is 16.5. The van der Waals surface area contributed by atoms with Gasteiger partial charge in [-0.25, -0.2) is 29.3 Å². The Hall–Kier alpha value is -10.6. The molecule has 3 heterocycles. The first-order valence-corrected chi connectivity index (χ1v) is 29.1. The molecule has 0 radical (unpaired) electrons. The van der Waals surface area contributed by atoms with Crippen molar-refractivity contribution in [3.05, 3.63) is 249 Å². The van der Waals surface area contributed by atoms with Gasteiger partial charge in [0.25, 0.3) is 0 Å². The van der Waals surface area contributed by atoms with Gasteiger partial charge in [0.15, 0.2) is 16.7 Å². The average Bonchev–Trinajstić information content (AvgIpc) is 1.07. The number of carboxylic acids is 3. The molecule has 0 amide bonds. The maximum absolute atomic E-state index is 13.2. The fourth-order valence-electron chi connectivity index (χ4n) is 9.55. The Balaban J connectivity index is 0.000000206. The van der Waals surface area contributed by atoms with Gasteiger partial charge in [0.05, 0.1) is 33.4 Å². The summed E-state index contributed by atoms with van der Waals surface area (Å²) in [6.07, 6.45) is -13.9. The van der Waals surface area contributed by atoms with Gasteiger partial charge in [0.1, 0.15) is 33.8 Å². The molecule has 0 saturated heterocycles. The van der Waals surface area contributed by atoms with E-state index in [4.69, 9.17) is 62.3 Å². The zero-order chi connectivity index (χ0) is 69.3. The number of alkyl halides is 9. The van der Waals surface area contributed by atoms with Crippen LogP contribution in [-0.2, 0) is 49.7 Å². The van der Waals surface area contributed by atoms with Crippen LogP contribution in [0.3, 0.4) is 0 Å². The molecule has 15 nitrogen and oxygen atoms in total. The van der Waals surface area contributed by atoms with E-state index in [0.29, 0.717) is 48.4 Å². The number of nitrogens with zero attached hydrogens (tertiary/aromatic N) is 3. The third-order valence-electron chi connectivity index (χ3n) is 14.8. The lowest BCUT2D eigenvalue weighted by Crippen LogP contribution is -2.39. The summed E-state index contributed by atoms with van der Waals surface area (Å²) >= 11 is 18.4. The number of rotatable bonds is 15. The van der Waals surface area contributed by atoms with Crippen molar-refractivity contribution in [1.29, 1.82) is 0 Å². The fraction of sp³-hybridized carbons (Fsp3) is 0.167. The molecule has 12 rings (SSSR count). The summed E-state index contributed by atoms with van der Waals surface area (Å²) in [5, 5.41) is 30.6. The molecule has 3 N–H and O–H groups in total. The first kappa shape index (κ1) is 75.8. The topological polar surface area (TPSA) is 218 Å². The largest absolute Gasteiger partial charge is 0.478 e.